The van der Waals surface area contributed by atoms with E-state index in [-0.39, 0.29) is 42.9 Å². The summed E-state index contributed by atoms with van der Waals surface area (Å²) in [5.41, 5.74) is -0.775. The molecule has 0 radical (unpaired) electrons. The summed E-state index contributed by atoms with van der Waals surface area (Å²) in [4.78, 5) is 9.29. The van der Waals surface area contributed by atoms with Crippen molar-refractivity contribution in [1.29, 1.82) is 0 Å². The summed E-state index contributed by atoms with van der Waals surface area (Å²) < 4.78 is 43.7. The van der Waals surface area contributed by atoms with E-state index in [1.165, 1.54) is 25.0 Å². The molecule has 0 amide bonds. The first-order valence-corrected chi connectivity index (χ1v) is 10.6. The molecule has 6 nitrogen and oxygen atoms in total. The molecule has 2 aliphatic heterocycles. The molecule has 0 saturated carbocycles. The first-order chi connectivity index (χ1) is 14.4. The molecular formula is C21H32F3IN4O2. The van der Waals surface area contributed by atoms with Gasteiger partial charge in [-0.25, -0.2) is 0 Å². The van der Waals surface area contributed by atoms with Crippen LogP contribution in [0.15, 0.2) is 29.3 Å². The van der Waals surface area contributed by atoms with E-state index >= 15 is 0 Å². The van der Waals surface area contributed by atoms with Gasteiger partial charge in [-0.3, -0.25) is 9.89 Å². The molecule has 2 atom stereocenters. The minimum atomic E-state index is -4.42. The summed E-state index contributed by atoms with van der Waals surface area (Å²) in [5.74, 6) is 0.838. The number of aliphatic imine (C=N–C) groups is 1. The van der Waals surface area contributed by atoms with Crippen molar-refractivity contribution in [3.63, 3.8) is 0 Å². The zero-order valence-electron chi connectivity index (χ0n) is 17.8. The van der Waals surface area contributed by atoms with Crippen LogP contribution in [0.25, 0.3) is 0 Å². The third-order valence-electron chi connectivity index (χ3n) is 5.51. The summed E-state index contributed by atoms with van der Waals surface area (Å²) in [5, 5.41) is 13.5. The molecule has 3 rings (SSSR count). The fourth-order valence-corrected chi connectivity index (χ4v) is 3.96. The summed E-state index contributed by atoms with van der Waals surface area (Å²) in [7, 11) is 0. The first kappa shape index (κ1) is 26.0. The third kappa shape index (κ3) is 7.67. The topological polar surface area (TPSA) is 60.3 Å². The molecule has 1 aromatic rings. The van der Waals surface area contributed by atoms with E-state index in [1.54, 1.807) is 0 Å². The van der Waals surface area contributed by atoms with Gasteiger partial charge >= 0.3 is 6.18 Å². The maximum atomic E-state index is 12.8. The Morgan fingerprint density at radius 3 is 2.71 bits per heavy atom. The lowest BCUT2D eigenvalue weighted by atomic mass is 10.2. The average Bonchev–Trinajstić information content (AvgIpc) is 3.41. The number of aliphatic hydroxyl groups excluding tert-OH is 1. The normalized spacial score (nSPS) is 21.1. The lowest BCUT2D eigenvalue weighted by Crippen LogP contribution is -2.43. The maximum Gasteiger partial charge on any atom is 0.416 e. The molecule has 2 saturated heterocycles. The molecule has 2 heterocycles. The summed E-state index contributed by atoms with van der Waals surface area (Å²) in [6, 6.07) is 5.20. The molecule has 0 bridgehead atoms. The SMILES string of the molecule is CCNC(=NCC(O)COc1cccc(C(F)(F)F)c1)N1CCC(N2CCCC2)C1.I. The molecule has 2 unspecified atom stereocenters. The highest BCUT2D eigenvalue weighted by atomic mass is 127. The maximum absolute atomic E-state index is 12.8. The highest BCUT2D eigenvalue weighted by molar-refractivity contribution is 14.0. The van der Waals surface area contributed by atoms with Crippen LogP contribution in [0.2, 0.25) is 0 Å². The number of ether oxygens (including phenoxy) is 1. The van der Waals surface area contributed by atoms with Crippen molar-refractivity contribution in [2.45, 2.75) is 44.5 Å². The van der Waals surface area contributed by atoms with Crippen molar-refractivity contribution in [1.82, 2.24) is 15.1 Å². The van der Waals surface area contributed by atoms with Crippen LogP contribution < -0.4 is 10.1 Å². The summed E-state index contributed by atoms with van der Waals surface area (Å²) in [6.07, 6.45) is -1.70. The van der Waals surface area contributed by atoms with Crippen LogP contribution in [0.3, 0.4) is 0 Å². The lowest BCUT2D eigenvalue weighted by molar-refractivity contribution is -0.137. The predicted octanol–water partition coefficient (Wildman–Crippen LogP) is 3.20. The number of hydrogen-bond acceptors (Lipinski definition) is 4. The minimum Gasteiger partial charge on any atom is -0.491 e. The number of halogens is 4. The summed E-state index contributed by atoms with van der Waals surface area (Å²) in [6.45, 7) is 6.88. The molecule has 31 heavy (non-hydrogen) atoms. The third-order valence-corrected chi connectivity index (χ3v) is 5.51. The number of nitrogens with zero attached hydrogens (tertiary/aromatic N) is 3. The van der Waals surface area contributed by atoms with Gasteiger partial charge in [0.2, 0.25) is 0 Å². The lowest BCUT2D eigenvalue weighted by Gasteiger charge is -2.25. The number of nitrogens with one attached hydrogen (secondary N) is 1. The number of hydrogen-bond donors (Lipinski definition) is 2. The Morgan fingerprint density at radius 1 is 1.29 bits per heavy atom. The van der Waals surface area contributed by atoms with Gasteiger partial charge in [-0.15, -0.1) is 24.0 Å². The minimum absolute atomic E-state index is 0. The Morgan fingerprint density at radius 2 is 2.03 bits per heavy atom. The van der Waals surface area contributed by atoms with Crippen LogP contribution in [0, 0.1) is 0 Å². The van der Waals surface area contributed by atoms with Gasteiger partial charge < -0.3 is 20.1 Å². The van der Waals surface area contributed by atoms with E-state index in [4.69, 9.17) is 4.74 Å². The Balaban J connectivity index is 0.00000341. The number of alkyl halides is 3. The van der Waals surface area contributed by atoms with Crippen LogP contribution in [-0.4, -0.2) is 78.9 Å². The second-order valence-electron chi connectivity index (χ2n) is 7.82. The van der Waals surface area contributed by atoms with Gasteiger partial charge in [0.1, 0.15) is 18.5 Å². The van der Waals surface area contributed by atoms with Crippen LogP contribution in [0.5, 0.6) is 5.75 Å². The van der Waals surface area contributed by atoms with Crippen molar-refractivity contribution in [3.05, 3.63) is 29.8 Å². The molecule has 2 aliphatic rings. The van der Waals surface area contributed by atoms with Crippen molar-refractivity contribution in [2.75, 3.05) is 45.9 Å². The van der Waals surface area contributed by atoms with E-state index in [2.05, 4.69) is 20.1 Å². The zero-order chi connectivity index (χ0) is 21.6. The zero-order valence-corrected chi connectivity index (χ0v) is 20.1. The second kappa shape index (κ2) is 12.1. The van der Waals surface area contributed by atoms with Crippen molar-refractivity contribution in [2.24, 2.45) is 4.99 Å². The van der Waals surface area contributed by atoms with E-state index in [0.29, 0.717) is 6.04 Å². The fourth-order valence-electron chi connectivity index (χ4n) is 3.96. The molecular weight excluding hydrogens is 524 g/mol. The van der Waals surface area contributed by atoms with Crippen molar-refractivity contribution in [3.8, 4) is 5.75 Å². The van der Waals surface area contributed by atoms with E-state index < -0.39 is 17.8 Å². The van der Waals surface area contributed by atoms with Gasteiger partial charge in [0.05, 0.1) is 12.1 Å². The molecule has 1 aromatic carbocycles. The van der Waals surface area contributed by atoms with Gasteiger partial charge in [0, 0.05) is 25.7 Å². The molecule has 10 heteroatoms. The Labute approximate surface area is 198 Å². The number of aliphatic hydroxyl groups is 1. The van der Waals surface area contributed by atoms with Crippen LogP contribution in [-0.2, 0) is 6.18 Å². The Hall–Kier alpha value is -1.27. The molecule has 0 aliphatic carbocycles. The van der Waals surface area contributed by atoms with Crippen LogP contribution >= 0.6 is 24.0 Å². The van der Waals surface area contributed by atoms with Gasteiger partial charge in [-0.2, -0.15) is 13.2 Å². The fraction of sp³-hybridized carbons (Fsp3) is 0.667. The smallest absolute Gasteiger partial charge is 0.416 e. The largest absolute Gasteiger partial charge is 0.491 e. The molecule has 176 valence electrons. The van der Waals surface area contributed by atoms with Gasteiger partial charge in [-0.05, 0) is 57.5 Å². The van der Waals surface area contributed by atoms with E-state index in [9.17, 15) is 18.3 Å². The highest BCUT2D eigenvalue weighted by Gasteiger charge is 2.31. The number of benzene rings is 1. The van der Waals surface area contributed by atoms with Gasteiger partial charge in [0.15, 0.2) is 5.96 Å². The highest BCUT2D eigenvalue weighted by Crippen LogP contribution is 2.31. The molecule has 2 fully saturated rings. The van der Waals surface area contributed by atoms with Crippen LogP contribution in [0.4, 0.5) is 13.2 Å². The second-order valence-corrected chi connectivity index (χ2v) is 7.82. The number of guanidine groups is 1. The van der Waals surface area contributed by atoms with E-state index in [1.807, 2.05) is 6.92 Å². The van der Waals surface area contributed by atoms with Crippen molar-refractivity contribution < 1.29 is 23.0 Å². The first-order valence-electron chi connectivity index (χ1n) is 10.6. The molecule has 2 N–H and O–H groups in total. The van der Waals surface area contributed by atoms with E-state index in [0.717, 1.165) is 57.2 Å². The Bertz CT molecular complexity index is 714. The Kier molecular flexibility index (Phi) is 10.1. The monoisotopic (exact) mass is 556 g/mol. The average molecular weight is 556 g/mol. The standard InChI is InChI=1S/C21H31F3N4O2.HI/c1-2-25-20(28-11-8-17(14-28)27-9-3-4-10-27)26-13-18(29)15-30-19-7-5-6-16(12-19)21(22,23)24;/h5-7,12,17-18,29H,2-4,8-11,13-15H2,1H3,(H,25,26);1H. The van der Waals surface area contributed by atoms with Crippen LogP contribution in [0.1, 0.15) is 31.7 Å². The molecule has 0 spiro atoms. The molecule has 0 aromatic heterocycles. The number of rotatable bonds is 7. The van der Waals surface area contributed by atoms with Crippen molar-refractivity contribution >= 4 is 29.9 Å². The van der Waals surface area contributed by atoms with Gasteiger partial charge in [-0.1, -0.05) is 6.07 Å². The van der Waals surface area contributed by atoms with Gasteiger partial charge in [0.25, 0.3) is 0 Å². The predicted molar refractivity (Wildman–Crippen MR) is 125 cm³/mol. The summed E-state index contributed by atoms with van der Waals surface area (Å²) >= 11 is 0. The number of likely N-dealkylation sites (tertiary alicyclic amines) is 2. The quantitative estimate of drug-likeness (QED) is 0.307.